The Labute approximate surface area is 255 Å². The average molecular weight is 610 g/mol. The molecule has 1 aromatic heterocycles. The molecule has 3 rings (SSSR count). The number of anilines is 1. The van der Waals surface area contributed by atoms with E-state index in [4.69, 9.17) is 4.74 Å². The first-order valence-electron chi connectivity index (χ1n) is 14.5. The van der Waals surface area contributed by atoms with Gasteiger partial charge in [0.15, 0.2) is 0 Å². The predicted octanol–water partition coefficient (Wildman–Crippen LogP) is 6.77. The number of aromatic nitrogens is 1. The van der Waals surface area contributed by atoms with Crippen molar-refractivity contribution < 1.29 is 27.9 Å². The van der Waals surface area contributed by atoms with Gasteiger partial charge >= 0.3 is 12.1 Å². The van der Waals surface area contributed by atoms with Crippen LogP contribution in [0.4, 0.5) is 10.6 Å². The standard InChI is InChI=1S/C33H43N3O6S/c1-7-8-21-33(5,6)26-19-17-25(18-20-26)22-35(43(40,41)28-14-10-9-11-15-28)23-27-13-12-16-29(34-27)36(24-30(37)38)31(39)42-32(2,3)4/h9-20H,7-8,21-24H2,1-6H3,(H,37,38). The molecule has 0 unspecified atom stereocenters. The van der Waals surface area contributed by atoms with Crippen molar-refractivity contribution in [3.63, 3.8) is 0 Å². The summed E-state index contributed by atoms with van der Waals surface area (Å²) in [5, 5.41) is 9.45. The summed E-state index contributed by atoms with van der Waals surface area (Å²) < 4.78 is 34.4. The molecule has 0 aliphatic rings. The molecule has 0 aliphatic carbocycles. The number of unbranched alkanes of at least 4 members (excludes halogenated alkanes) is 1. The molecular weight excluding hydrogens is 566 g/mol. The zero-order valence-corrected chi connectivity index (χ0v) is 26.7. The monoisotopic (exact) mass is 609 g/mol. The Hall–Kier alpha value is -3.76. The molecule has 0 radical (unpaired) electrons. The Morgan fingerprint density at radius 3 is 2.12 bits per heavy atom. The number of carboxylic acids is 1. The van der Waals surface area contributed by atoms with E-state index in [9.17, 15) is 23.1 Å². The molecule has 9 nitrogen and oxygen atoms in total. The summed E-state index contributed by atoms with van der Waals surface area (Å²) in [6.45, 7) is 11.0. The molecule has 2 aromatic carbocycles. The number of rotatable bonds is 13. The summed E-state index contributed by atoms with van der Waals surface area (Å²) in [6, 6.07) is 20.9. The molecule has 0 spiro atoms. The van der Waals surface area contributed by atoms with E-state index in [0.29, 0.717) is 5.69 Å². The highest BCUT2D eigenvalue weighted by molar-refractivity contribution is 7.89. The summed E-state index contributed by atoms with van der Waals surface area (Å²) in [6.07, 6.45) is 2.44. The summed E-state index contributed by atoms with van der Waals surface area (Å²) in [7, 11) is -3.95. The normalized spacial score (nSPS) is 12.3. The van der Waals surface area contributed by atoms with Crippen LogP contribution in [0, 0.1) is 0 Å². The Kier molecular flexibility index (Phi) is 11.1. The van der Waals surface area contributed by atoms with Gasteiger partial charge in [0.2, 0.25) is 10.0 Å². The van der Waals surface area contributed by atoms with Gasteiger partial charge < -0.3 is 9.84 Å². The lowest BCUT2D eigenvalue weighted by molar-refractivity contribution is -0.135. The lowest BCUT2D eigenvalue weighted by Gasteiger charge is -2.27. The number of pyridine rings is 1. The van der Waals surface area contributed by atoms with Gasteiger partial charge in [-0.05, 0) is 68.0 Å². The van der Waals surface area contributed by atoms with Crippen LogP contribution in [0.3, 0.4) is 0 Å². The van der Waals surface area contributed by atoms with Gasteiger partial charge in [-0.2, -0.15) is 4.31 Å². The van der Waals surface area contributed by atoms with Crippen molar-refractivity contribution in [3.05, 3.63) is 89.6 Å². The van der Waals surface area contributed by atoms with Gasteiger partial charge in [-0.3, -0.25) is 9.69 Å². The molecule has 3 aromatic rings. The van der Waals surface area contributed by atoms with Crippen LogP contribution in [-0.4, -0.2) is 47.0 Å². The van der Waals surface area contributed by atoms with Gasteiger partial charge in [0.1, 0.15) is 18.0 Å². The maximum absolute atomic E-state index is 13.9. The number of hydrogen-bond donors (Lipinski definition) is 1. The van der Waals surface area contributed by atoms with Crippen molar-refractivity contribution in [1.82, 2.24) is 9.29 Å². The van der Waals surface area contributed by atoms with E-state index < -0.39 is 34.2 Å². The molecule has 1 heterocycles. The van der Waals surface area contributed by atoms with E-state index in [0.717, 1.165) is 29.7 Å². The quantitative estimate of drug-likeness (QED) is 0.227. The van der Waals surface area contributed by atoms with Crippen LogP contribution in [0.25, 0.3) is 0 Å². The zero-order chi connectivity index (χ0) is 31.8. The number of carboxylic acid groups (broad SMARTS) is 1. The van der Waals surface area contributed by atoms with Crippen LogP contribution in [0.5, 0.6) is 0 Å². The number of carbonyl (C=O) groups is 2. The van der Waals surface area contributed by atoms with Crippen LogP contribution >= 0.6 is 0 Å². The van der Waals surface area contributed by atoms with Crippen LogP contribution in [0.2, 0.25) is 0 Å². The molecule has 43 heavy (non-hydrogen) atoms. The Balaban J connectivity index is 1.96. The average Bonchev–Trinajstić information content (AvgIpc) is 2.94. The molecule has 0 saturated carbocycles. The molecule has 0 atom stereocenters. The van der Waals surface area contributed by atoms with E-state index in [1.165, 1.54) is 15.9 Å². The van der Waals surface area contributed by atoms with Crippen LogP contribution in [0.1, 0.15) is 77.6 Å². The van der Waals surface area contributed by atoms with Crippen LogP contribution in [-0.2, 0) is 38.1 Å². The second-order valence-corrected chi connectivity index (χ2v) is 14.2. The fourth-order valence-corrected chi connectivity index (χ4v) is 5.99. The fourth-order valence-electron chi connectivity index (χ4n) is 4.57. The lowest BCUT2D eigenvalue weighted by Crippen LogP contribution is -2.40. The highest BCUT2D eigenvalue weighted by atomic mass is 32.2. The highest BCUT2D eigenvalue weighted by Gasteiger charge is 2.29. The molecule has 1 N–H and O–H groups in total. The van der Waals surface area contributed by atoms with Crippen LogP contribution in [0.15, 0.2) is 77.7 Å². The summed E-state index contributed by atoms with van der Waals surface area (Å²) >= 11 is 0. The van der Waals surface area contributed by atoms with Gasteiger partial charge in [0, 0.05) is 6.54 Å². The SMILES string of the molecule is CCCCC(C)(C)c1ccc(CN(Cc2cccc(N(CC(=O)O)C(=O)OC(C)(C)C)n2)S(=O)(=O)c2ccccc2)cc1. The minimum atomic E-state index is -3.95. The molecule has 0 aliphatic heterocycles. The van der Waals surface area contributed by atoms with E-state index >= 15 is 0 Å². The molecule has 10 heteroatoms. The number of amides is 1. The summed E-state index contributed by atoms with van der Waals surface area (Å²) in [5.41, 5.74) is 1.50. The number of carbonyl (C=O) groups excluding carboxylic acids is 1. The minimum absolute atomic E-state index is 0.00463. The molecule has 232 valence electrons. The maximum Gasteiger partial charge on any atom is 0.416 e. The highest BCUT2D eigenvalue weighted by Crippen LogP contribution is 2.30. The molecular formula is C33H43N3O6S. The maximum atomic E-state index is 13.9. The third kappa shape index (κ3) is 9.62. The topological polar surface area (TPSA) is 117 Å². The smallest absolute Gasteiger partial charge is 0.416 e. The van der Waals surface area contributed by atoms with Crippen molar-refractivity contribution >= 4 is 27.9 Å². The molecule has 0 saturated heterocycles. The van der Waals surface area contributed by atoms with E-state index in [1.54, 1.807) is 63.2 Å². The van der Waals surface area contributed by atoms with Gasteiger partial charge in [0.05, 0.1) is 17.1 Å². The Morgan fingerprint density at radius 2 is 1.53 bits per heavy atom. The number of ether oxygens (including phenoxy) is 1. The Morgan fingerprint density at radius 1 is 0.884 bits per heavy atom. The van der Waals surface area contributed by atoms with E-state index in [1.807, 2.05) is 12.1 Å². The van der Waals surface area contributed by atoms with Crippen molar-refractivity contribution in [2.45, 2.75) is 89.8 Å². The second kappa shape index (κ2) is 14.1. The number of benzene rings is 2. The number of nitrogens with zero attached hydrogens (tertiary/aromatic N) is 3. The zero-order valence-electron chi connectivity index (χ0n) is 25.9. The number of aliphatic carboxylic acids is 1. The van der Waals surface area contributed by atoms with Crippen LogP contribution < -0.4 is 4.90 Å². The van der Waals surface area contributed by atoms with E-state index in [2.05, 4.69) is 37.9 Å². The third-order valence-corrected chi connectivity index (χ3v) is 8.75. The summed E-state index contributed by atoms with van der Waals surface area (Å²) in [5.74, 6) is -1.20. The second-order valence-electron chi connectivity index (χ2n) is 12.2. The first kappa shape index (κ1) is 33.7. The largest absolute Gasteiger partial charge is 0.480 e. The molecule has 0 bridgehead atoms. The van der Waals surface area contributed by atoms with Gasteiger partial charge in [-0.15, -0.1) is 0 Å². The third-order valence-electron chi connectivity index (χ3n) is 6.94. The fraction of sp³-hybridized carbons (Fsp3) is 0.424. The Bertz CT molecular complexity index is 1480. The first-order chi connectivity index (χ1) is 20.1. The van der Waals surface area contributed by atoms with Gasteiger partial charge in [0.25, 0.3) is 0 Å². The van der Waals surface area contributed by atoms with Crippen molar-refractivity contribution in [2.75, 3.05) is 11.4 Å². The summed E-state index contributed by atoms with van der Waals surface area (Å²) in [4.78, 5) is 30.0. The predicted molar refractivity (Wildman–Crippen MR) is 167 cm³/mol. The number of sulfonamides is 1. The van der Waals surface area contributed by atoms with Gasteiger partial charge in [-0.25, -0.2) is 18.2 Å². The number of hydrogen-bond acceptors (Lipinski definition) is 6. The lowest BCUT2D eigenvalue weighted by atomic mass is 9.80. The molecule has 1 amide bonds. The van der Waals surface area contributed by atoms with Crippen molar-refractivity contribution in [1.29, 1.82) is 0 Å². The van der Waals surface area contributed by atoms with E-state index in [-0.39, 0.29) is 29.2 Å². The first-order valence-corrected chi connectivity index (χ1v) is 15.9. The molecule has 0 fully saturated rings. The van der Waals surface area contributed by atoms with Gasteiger partial charge in [-0.1, -0.05) is 82.1 Å². The van der Waals surface area contributed by atoms with Crippen molar-refractivity contribution in [3.8, 4) is 0 Å². The van der Waals surface area contributed by atoms with Crippen molar-refractivity contribution in [2.24, 2.45) is 0 Å². The minimum Gasteiger partial charge on any atom is -0.480 e.